The van der Waals surface area contributed by atoms with Gasteiger partial charge in [-0.25, -0.2) is 0 Å². The summed E-state index contributed by atoms with van der Waals surface area (Å²) in [6.07, 6.45) is 0. The number of rotatable bonds is 3. The van der Waals surface area contributed by atoms with Gasteiger partial charge in [0, 0.05) is 33.9 Å². The van der Waals surface area contributed by atoms with Crippen LogP contribution in [0.2, 0.25) is 0 Å². The number of para-hydroxylation sites is 3. The average molecular weight is 496 g/mol. The molecule has 3 heteroatoms. The van der Waals surface area contributed by atoms with Crippen molar-refractivity contribution in [2.24, 2.45) is 0 Å². The molecule has 2 heterocycles. The summed E-state index contributed by atoms with van der Waals surface area (Å²) in [6.45, 7) is -0.0361. The highest BCUT2D eigenvalue weighted by molar-refractivity contribution is 6.86. The first-order chi connectivity index (χ1) is 19.4. The van der Waals surface area contributed by atoms with Crippen molar-refractivity contribution in [1.29, 1.82) is 0 Å². The van der Waals surface area contributed by atoms with E-state index in [1.54, 1.807) is 0 Å². The van der Waals surface area contributed by atoms with Gasteiger partial charge in [-0.2, -0.15) is 0 Å². The van der Waals surface area contributed by atoms with Crippen LogP contribution in [-0.2, 0) is 0 Å². The number of nitrogens with zero attached hydrogens (tertiary/aromatic N) is 2. The van der Waals surface area contributed by atoms with Gasteiger partial charge in [-0.15, -0.1) is 0 Å². The normalized spacial score (nSPS) is 13.0. The molecule has 2 aliphatic rings. The fourth-order valence-electron chi connectivity index (χ4n) is 6.37. The fourth-order valence-corrected chi connectivity index (χ4v) is 6.37. The van der Waals surface area contributed by atoms with Gasteiger partial charge >= 0.3 is 6.98 Å². The van der Waals surface area contributed by atoms with Crippen LogP contribution >= 0.6 is 0 Å². The van der Waals surface area contributed by atoms with Gasteiger partial charge in [-0.1, -0.05) is 115 Å². The van der Waals surface area contributed by atoms with Gasteiger partial charge in [0.2, 0.25) is 0 Å². The lowest BCUT2D eigenvalue weighted by Gasteiger charge is -2.47. The molecule has 0 unspecified atom stereocenters. The summed E-state index contributed by atoms with van der Waals surface area (Å²) in [6, 6.07) is 54.9. The molecule has 0 spiro atoms. The summed E-state index contributed by atoms with van der Waals surface area (Å²) >= 11 is 0. The fraction of sp³-hybridized carbons (Fsp3) is 0. The van der Waals surface area contributed by atoms with Gasteiger partial charge in [0.1, 0.15) is 0 Å². The average Bonchev–Trinajstić information content (AvgIpc) is 3.02. The van der Waals surface area contributed by atoms with Crippen molar-refractivity contribution in [3.8, 4) is 33.4 Å². The Kier molecular flexibility index (Phi) is 4.96. The minimum atomic E-state index is -0.0361. The molecule has 0 bridgehead atoms. The minimum absolute atomic E-state index is 0.0361. The number of hydrogen-bond donors (Lipinski definition) is 0. The molecule has 182 valence electrons. The number of fused-ring (bicyclic) bond motifs is 4. The van der Waals surface area contributed by atoms with Crippen LogP contribution in [0.3, 0.4) is 0 Å². The monoisotopic (exact) mass is 496 g/mol. The Morgan fingerprint density at radius 1 is 0.333 bits per heavy atom. The van der Waals surface area contributed by atoms with E-state index >= 15 is 0 Å². The van der Waals surface area contributed by atoms with E-state index in [-0.39, 0.29) is 6.98 Å². The van der Waals surface area contributed by atoms with Crippen LogP contribution in [0.1, 0.15) is 0 Å². The Hall–Kier alpha value is -5.02. The quantitative estimate of drug-likeness (QED) is 0.226. The molecular formula is C36H25BN2. The van der Waals surface area contributed by atoms with Gasteiger partial charge in [-0.05, 0) is 64.1 Å². The van der Waals surface area contributed by atoms with Gasteiger partial charge < -0.3 is 9.62 Å². The van der Waals surface area contributed by atoms with Crippen molar-refractivity contribution in [3.63, 3.8) is 0 Å². The van der Waals surface area contributed by atoms with Crippen LogP contribution in [0.4, 0.5) is 22.7 Å². The Morgan fingerprint density at radius 3 is 1.36 bits per heavy atom. The van der Waals surface area contributed by atoms with Crippen molar-refractivity contribution < 1.29 is 0 Å². The first kappa shape index (κ1) is 22.0. The van der Waals surface area contributed by atoms with Crippen molar-refractivity contribution in [3.05, 3.63) is 152 Å². The molecule has 8 rings (SSSR count). The largest absolute Gasteiger partial charge is 0.421 e. The second kappa shape index (κ2) is 8.78. The van der Waals surface area contributed by atoms with Crippen molar-refractivity contribution >= 4 is 35.2 Å². The van der Waals surface area contributed by atoms with E-state index in [4.69, 9.17) is 0 Å². The molecule has 39 heavy (non-hydrogen) atoms. The van der Waals surface area contributed by atoms with Crippen LogP contribution in [-0.4, -0.2) is 6.98 Å². The zero-order valence-electron chi connectivity index (χ0n) is 21.4. The standard InChI is InChI=1S/C36H25BN2/c1-3-12-26(13-4-1)27-22-24-29(25-23-27)39-35-21-10-8-17-31(35)33-19-11-18-32-30-16-7-9-20-34(30)38(37(39)36(32)33)28-14-5-2-6-15-28/h1-25H. The number of hydrogen-bond acceptors (Lipinski definition) is 2. The van der Waals surface area contributed by atoms with E-state index in [1.807, 2.05) is 0 Å². The van der Waals surface area contributed by atoms with Gasteiger partial charge in [0.15, 0.2) is 0 Å². The van der Waals surface area contributed by atoms with E-state index in [9.17, 15) is 0 Å². The van der Waals surface area contributed by atoms with Gasteiger partial charge in [-0.3, -0.25) is 0 Å². The lowest BCUT2D eigenvalue weighted by atomic mass is 9.53. The van der Waals surface area contributed by atoms with E-state index < -0.39 is 0 Å². The summed E-state index contributed by atoms with van der Waals surface area (Å²) in [7, 11) is 0. The first-order valence-electron chi connectivity index (χ1n) is 13.5. The number of benzene rings is 6. The second-order valence-electron chi connectivity index (χ2n) is 10.2. The van der Waals surface area contributed by atoms with Crippen LogP contribution in [0.15, 0.2) is 152 Å². The first-order valence-corrected chi connectivity index (χ1v) is 13.5. The minimum Gasteiger partial charge on any atom is -0.361 e. The smallest absolute Gasteiger partial charge is 0.361 e. The molecule has 0 aromatic heterocycles. The maximum atomic E-state index is 2.53. The zero-order chi connectivity index (χ0) is 25.8. The molecule has 0 atom stereocenters. The van der Waals surface area contributed by atoms with Crippen LogP contribution < -0.4 is 15.1 Å². The predicted octanol–water partition coefficient (Wildman–Crippen LogP) is 8.69. The summed E-state index contributed by atoms with van der Waals surface area (Å²) in [5, 5.41) is 0. The lowest BCUT2D eigenvalue weighted by molar-refractivity contribution is 1.26. The maximum Gasteiger partial charge on any atom is 0.421 e. The third kappa shape index (κ3) is 3.37. The molecule has 6 aromatic rings. The highest BCUT2D eigenvalue weighted by Crippen LogP contribution is 2.48. The van der Waals surface area contributed by atoms with E-state index in [0.717, 1.165) is 0 Å². The summed E-state index contributed by atoms with van der Waals surface area (Å²) in [5.41, 5.74) is 13.8. The highest BCUT2D eigenvalue weighted by atomic mass is 15.2. The van der Waals surface area contributed by atoms with E-state index in [0.29, 0.717) is 0 Å². The van der Waals surface area contributed by atoms with E-state index in [1.165, 1.54) is 61.6 Å². The second-order valence-corrected chi connectivity index (χ2v) is 10.2. The molecule has 0 saturated heterocycles. The Morgan fingerprint density at radius 2 is 0.769 bits per heavy atom. The van der Waals surface area contributed by atoms with Crippen LogP contribution in [0.25, 0.3) is 33.4 Å². The topological polar surface area (TPSA) is 6.48 Å². The van der Waals surface area contributed by atoms with Gasteiger partial charge in [0.25, 0.3) is 0 Å². The molecular weight excluding hydrogens is 471 g/mol. The molecule has 0 N–H and O–H groups in total. The zero-order valence-corrected chi connectivity index (χ0v) is 21.4. The Balaban J connectivity index is 1.40. The third-order valence-corrected chi connectivity index (χ3v) is 8.05. The van der Waals surface area contributed by atoms with Crippen molar-refractivity contribution in [2.75, 3.05) is 9.62 Å². The van der Waals surface area contributed by atoms with Gasteiger partial charge in [0.05, 0.1) is 0 Å². The summed E-state index contributed by atoms with van der Waals surface area (Å²) < 4.78 is 0. The third-order valence-electron chi connectivity index (χ3n) is 8.05. The van der Waals surface area contributed by atoms with Crippen molar-refractivity contribution in [1.82, 2.24) is 0 Å². The molecule has 0 radical (unpaired) electrons. The van der Waals surface area contributed by atoms with E-state index in [2.05, 4.69) is 161 Å². The summed E-state index contributed by atoms with van der Waals surface area (Å²) in [5.74, 6) is 0. The molecule has 0 amide bonds. The Labute approximate surface area is 229 Å². The molecule has 2 aliphatic heterocycles. The predicted molar refractivity (Wildman–Crippen MR) is 165 cm³/mol. The Bertz CT molecular complexity index is 1800. The molecule has 6 aromatic carbocycles. The SMILES string of the molecule is c1ccc(-c2ccc(N3B4c5c(cccc5-c5ccccc53)-c3ccccc3N4c3ccccc3)cc2)cc1. The van der Waals surface area contributed by atoms with Crippen LogP contribution in [0.5, 0.6) is 0 Å². The maximum absolute atomic E-state index is 2.53. The van der Waals surface area contributed by atoms with Crippen LogP contribution in [0, 0.1) is 0 Å². The molecule has 0 aliphatic carbocycles. The molecule has 0 saturated carbocycles. The molecule has 0 fully saturated rings. The highest BCUT2D eigenvalue weighted by Gasteiger charge is 2.46. The number of anilines is 4. The van der Waals surface area contributed by atoms with Crippen molar-refractivity contribution in [2.45, 2.75) is 0 Å². The lowest BCUT2D eigenvalue weighted by Crippen LogP contribution is -2.61. The summed E-state index contributed by atoms with van der Waals surface area (Å²) in [4.78, 5) is 5.04. The molecule has 2 nitrogen and oxygen atoms in total.